The molecule has 0 aromatic rings. The smallest absolute Gasteiger partial charge is 0.410 e. The summed E-state index contributed by atoms with van der Waals surface area (Å²) in [5, 5.41) is 0. The van der Waals surface area contributed by atoms with Gasteiger partial charge in [-0.2, -0.15) is 0 Å². The Hall–Kier alpha value is -0.840. The van der Waals surface area contributed by atoms with Crippen molar-refractivity contribution in [2.75, 3.05) is 13.1 Å². The van der Waals surface area contributed by atoms with E-state index in [2.05, 4.69) is 0 Å². The van der Waals surface area contributed by atoms with Crippen LogP contribution in [0.5, 0.6) is 0 Å². The second-order valence-corrected chi connectivity index (χ2v) is 5.29. The molecule has 0 saturated carbocycles. The van der Waals surface area contributed by atoms with Gasteiger partial charge in [-0.15, -0.1) is 0 Å². The molecule has 1 fully saturated rings. The van der Waals surface area contributed by atoms with E-state index in [-0.39, 0.29) is 12.0 Å². The van der Waals surface area contributed by atoms with Crippen LogP contribution in [0, 0.1) is 5.92 Å². The second-order valence-electron chi connectivity index (χ2n) is 4.81. The lowest BCUT2D eigenvalue weighted by atomic mass is 10.1. The van der Waals surface area contributed by atoms with Crippen molar-refractivity contribution in [3.05, 3.63) is 0 Å². The van der Waals surface area contributed by atoms with E-state index in [1.165, 1.54) is 0 Å². The molecule has 0 spiro atoms. The lowest BCUT2D eigenvalue weighted by Gasteiger charge is -2.24. The van der Waals surface area contributed by atoms with Gasteiger partial charge < -0.3 is 15.4 Å². The summed E-state index contributed by atoms with van der Waals surface area (Å²) in [6.07, 6.45) is 0.565. The van der Waals surface area contributed by atoms with Crippen LogP contribution in [-0.2, 0) is 4.74 Å². The maximum absolute atomic E-state index is 11.6. The highest BCUT2D eigenvalue weighted by molar-refractivity contribution is 7.80. The van der Waals surface area contributed by atoms with Crippen LogP contribution < -0.4 is 5.73 Å². The molecule has 15 heavy (non-hydrogen) atoms. The summed E-state index contributed by atoms with van der Waals surface area (Å²) in [6.45, 7) is 6.82. The van der Waals surface area contributed by atoms with Crippen LogP contribution in [0.3, 0.4) is 0 Å². The Balaban J connectivity index is 2.47. The van der Waals surface area contributed by atoms with Gasteiger partial charge in [0.25, 0.3) is 0 Å². The molecule has 0 aromatic heterocycles. The number of carbonyl (C=O) groups excluding carboxylic acids is 1. The molecule has 2 N–H and O–H groups in total. The van der Waals surface area contributed by atoms with Crippen molar-refractivity contribution in [2.24, 2.45) is 11.7 Å². The molecule has 1 heterocycles. The van der Waals surface area contributed by atoms with Gasteiger partial charge in [-0.05, 0) is 27.2 Å². The largest absolute Gasteiger partial charge is 0.444 e. The quantitative estimate of drug-likeness (QED) is 0.694. The van der Waals surface area contributed by atoms with E-state index in [0.717, 1.165) is 6.42 Å². The van der Waals surface area contributed by atoms with Crippen LogP contribution >= 0.6 is 12.2 Å². The third-order valence-corrected chi connectivity index (χ3v) is 2.58. The maximum atomic E-state index is 11.6. The maximum Gasteiger partial charge on any atom is 0.410 e. The van der Waals surface area contributed by atoms with Crippen molar-refractivity contribution in [1.82, 2.24) is 4.90 Å². The summed E-state index contributed by atoms with van der Waals surface area (Å²) in [7, 11) is 0. The van der Waals surface area contributed by atoms with Crippen molar-refractivity contribution >= 4 is 23.3 Å². The highest BCUT2D eigenvalue weighted by Crippen LogP contribution is 2.19. The van der Waals surface area contributed by atoms with Crippen molar-refractivity contribution in [3.8, 4) is 0 Å². The summed E-state index contributed by atoms with van der Waals surface area (Å²) in [6, 6.07) is 0. The number of hydrogen-bond acceptors (Lipinski definition) is 3. The summed E-state index contributed by atoms with van der Waals surface area (Å²) in [5.74, 6) is 0.146. The predicted molar refractivity (Wildman–Crippen MR) is 62.7 cm³/mol. The van der Waals surface area contributed by atoms with Crippen molar-refractivity contribution < 1.29 is 9.53 Å². The third-order valence-electron chi connectivity index (χ3n) is 2.24. The highest BCUT2D eigenvalue weighted by atomic mass is 32.1. The second kappa shape index (κ2) is 4.35. The topological polar surface area (TPSA) is 55.6 Å². The summed E-state index contributed by atoms with van der Waals surface area (Å²) in [5.41, 5.74) is 5.09. The average Bonchev–Trinajstić information content (AvgIpc) is 2.47. The zero-order valence-electron chi connectivity index (χ0n) is 9.45. The predicted octanol–water partition coefficient (Wildman–Crippen LogP) is 1.53. The Morgan fingerprint density at radius 3 is 2.53 bits per heavy atom. The van der Waals surface area contributed by atoms with Crippen LogP contribution in [0.4, 0.5) is 4.79 Å². The minimum absolute atomic E-state index is 0.146. The first-order valence-corrected chi connectivity index (χ1v) is 5.47. The van der Waals surface area contributed by atoms with Gasteiger partial charge in [0.1, 0.15) is 5.60 Å². The summed E-state index contributed by atoms with van der Waals surface area (Å²) < 4.78 is 5.25. The molecule has 5 heteroatoms. The minimum Gasteiger partial charge on any atom is -0.444 e. The van der Waals surface area contributed by atoms with Crippen LogP contribution in [-0.4, -0.2) is 34.7 Å². The standard InChI is InChI=1S/C10H18N2O2S/c1-10(2,3)14-9(13)12-5-4-7(6-12)8(11)15/h7H,4-6H2,1-3H3,(H2,11,15). The van der Waals surface area contributed by atoms with Gasteiger partial charge >= 0.3 is 6.09 Å². The molecule has 1 rings (SSSR count). The molecular weight excluding hydrogens is 212 g/mol. The number of nitrogens with two attached hydrogens (primary N) is 1. The molecule has 1 aliphatic heterocycles. The van der Waals surface area contributed by atoms with E-state index < -0.39 is 5.60 Å². The Bertz CT molecular complexity index is 273. The number of ether oxygens (including phenoxy) is 1. The molecule has 1 unspecified atom stereocenters. The monoisotopic (exact) mass is 230 g/mol. The number of rotatable bonds is 1. The fourth-order valence-corrected chi connectivity index (χ4v) is 1.68. The number of thiocarbonyl (C=S) groups is 1. The first-order valence-electron chi connectivity index (χ1n) is 5.07. The summed E-state index contributed by atoms with van der Waals surface area (Å²) in [4.78, 5) is 13.8. The zero-order valence-corrected chi connectivity index (χ0v) is 10.3. The normalized spacial score (nSPS) is 21.5. The molecule has 4 nitrogen and oxygen atoms in total. The molecule has 0 bridgehead atoms. The van der Waals surface area contributed by atoms with Crippen LogP contribution in [0.2, 0.25) is 0 Å². The van der Waals surface area contributed by atoms with E-state index in [9.17, 15) is 4.79 Å². The van der Waals surface area contributed by atoms with Crippen molar-refractivity contribution in [2.45, 2.75) is 32.8 Å². The van der Waals surface area contributed by atoms with Gasteiger partial charge in [0.15, 0.2) is 0 Å². The Morgan fingerprint density at radius 2 is 2.13 bits per heavy atom. The van der Waals surface area contributed by atoms with Crippen molar-refractivity contribution in [3.63, 3.8) is 0 Å². The first-order chi connectivity index (χ1) is 6.79. The SMILES string of the molecule is CC(C)(C)OC(=O)N1CCC(C(N)=S)C1. The van der Waals surface area contributed by atoms with Gasteiger partial charge in [-0.25, -0.2) is 4.79 Å². The first kappa shape index (κ1) is 12.2. The Morgan fingerprint density at radius 1 is 1.53 bits per heavy atom. The van der Waals surface area contributed by atoms with Crippen molar-refractivity contribution in [1.29, 1.82) is 0 Å². The van der Waals surface area contributed by atoms with Gasteiger partial charge in [-0.3, -0.25) is 0 Å². The van der Waals surface area contributed by atoms with Crippen LogP contribution in [0.25, 0.3) is 0 Å². The van der Waals surface area contributed by atoms with Gasteiger partial charge in [0, 0.05) is 19.0 Å². The molecular formula is C10H18N2O2S. The molecule has 1 saturated heterocycles. The van der Waals surface area contributed by atoms with Gasteiger partial charge in [0.2, 0.25) is 0 Å². The molecule has 0 radical (unpaired) electrons. The van der Waals surface area contributed by atoms with E-state index in [0.29, 0.717) is 18.1 Å². The fourth-order valence-electron chi connectivity index (χ4n) is 1.48. The van der Waals surface area contributed by atoms with Crippen LogP contribution in [0.1, 0.15) is 27.2 Å². The van der Waals surface area contributed by atoms with E-state index in [1.807, 2.05) is 20.8 Å². The fraction of sp³-hybridized carbons (Fsp3) is 0.800. The summed E-state index contributed by atoms with van der Waals surface area (Å²) >= 11 is 4.90. The van der Waals surface area contributed by atoms with Crippen LogP contribution in [0.15, 0.2) is 0 Å². The van der Waals surface area contributed by atoms with Gasteiger partial charge in [-0.1, -0.05) is 12.2 Å². The number of nitrogens with zero attached hydrogens (tertiary/aromatic N) is 1. The molecule has 0 aliphatic carbocycles. The molecule has 1 amide bonds. The number of likely N-dealkylation sites (tertiary alicyclic amines) is 1. The Kier molecular flexibility index (Phi) is 3.54. The van der Waals surface area contributed by atoms with E-state index >= 15 is 0 Å². The Labute approximate surface area is 95.8 Å². The number of carbonyl (C=O) groups is 1. The van der Waals surface area contributed by atoms with Gasteiger partial charge in [0.05, 0.1) is 4.99 Å². The lowest BCUT2D eigenvalue weighted by molar-refractivity contribution is 0.0292. The molecule has 0 aromatic carbocycles. The number of amides is 1. The average molecular weight is 230 g/mol. The number of hydrogen-bond donors (Lipinski definition) is 1. The molecule has 86 valence electrons. The third kappa shape index (κ3) is 3.66. The van der Waals surface area contributed by atoms with E-state index in [4.69, 9.17) is 22.7 Å². The highest BCUT2D eigenvalue weighted by Gasteiger charge is 2.30. The minimum atomic E-state index is -0.446. The lowest BCUT2D eigenvalue weighted by Crippen LogP contribution is -2.36. The van der Waals surface area contributed by atoms with E-state index in [1.54, 1.807) is 4.90 Å². The molecule has 1 atom stereocenters. The molecule has 1 aliphatic rings. The zero-order chi connectivity index (χ0) is 11.6.